The minimum Gasteiger partial charge on any atom is -0.452 e. The standard InChI is InChI=1S/C18H18ClN3O4/c1-12-16(17(19)22(20-12)10-13-6-3-2-4-7-13)18(25)26-11-15(24)21-9-5-8-14(21)23/h2-4,6-7H,5,8-11H2,1H3. The monoisotopic (exact) mass is 375 g/mol. The normalized spacial score (nSPS) is 13.9. The Balaban J connectivity index is 1.67. The van der Waals surface area contributed by atoms with E-state index >= 15 is 0 Å². The van der Waals surface area contributed by atoms with Gasteiger partial charge in [-0.3, -0.25) is 14.5 Å². The van der Waals surface area contributed by atoms with Gasteiger partial charge in [-0.1, -0.05) is 41.9 Å². The largest absolute Gasteiger partial charge is 0.452 e. The van der Waals surface area contributed by atoms with Crippen LogP contribution in [-0.2, 0) is 20.9 Å². The van der Waals surface area contributed by atoms with Gasteiger partial charge in [0, 0.05) is 13.0 Å². The molecule has 136 valence electrons. The maximum atomic E-state index is 12.3. The van der Waals surface area contributed by atoms with Crippen molar-refractivity contribution in [2.45, 2.75) is 26.3 Å². The summed E-state index contributed by atoms with van der Waals surface area (Å²) in [4.78, 5) is 37.0. The van der Waals surface area contributed by atoms with Crippen LogP contribution in [0.15, 0.2) is 30.3 Å². The summed E-state index contributed by atoms with van der Waals surface area (Å²) in [7, 11) is 0. The van der Waals surface area contributed by atoms with E-state index in [0.717, 1.165) is 10.5 Å². The number of esters is 1. The Labute approximate surface area is 155 Å². The minimum atomic E-state index is -0.730. The lowest BCUT2D eigenvalue weighted by Gasteiger charge is -2.13. The number of halogens is 1. The highest BCUT2D eigenvalue weighted by Gasteiger charge is 2.28. The van der Waals surface area contributed by atoms with E-state index < -0.39 is 18.5 Å². The fourth-order valence-corrected chi connectivity index (χ4v) is 3.15. The molecule has 2 aromatic rings. The summed E-state index contributed by atoms with van der Waals surface area (Å²) in [5, 5.41) is 4.43. The van der Waals surface area contributed by atoms with Gasteiger partial charge in [-0.25, -0.2) is 9.48 Å². The molecule has 1 aromatic heterocycles. The number of amides is 2. The van der Waals surface area contributed by atoms with Crippen LogP contribution in [0.3, 0.4) is 0 Å². The molecule has 1 aromatic carbocycles. The van der Waals surface area contributed by atoms with Gasteiger partial charge in [-0.05, 0) is 18.9 Å². The van der Waals surface area contributed by atoms with Crippen molar-refractivity contribution >= 4 is 29.4 Å². The highest BCUT2D eigenvalue weighted by atomic mass is 35.5. The van der Waals surface area contributed by atoms with Crippen molar-refractivity contribution in [2.75, 3.05) is 13.2 Å². The van der Waals surface area contributed by atoms with Gasteiger partial charge in [0.25, 0.3) is 5.91 Å². The van der Waals surface area contributed by atoms with Crippen molar-refractivity contribution in [1.82, 2.24) is 14.7 Å². The Bertz CT molecular complexity index is 848. The summed E-state index contributed by atoms with van der Waals surface area (Å²) in [5.41, 5.74) is 1.53. The third-order valence-corrected chi connectivity index (χ3v) is 4.53. The zero-order valence-electron chi connectivity index (χ0n) is 14.3. The lowest BCUT2D eigenvalue weighted by molar-refractivity contribution is -0.143. The number of hydrogen-bond donors (Lipinski definition) is 0. The Morgan fingerprint density at radius 1 is 1.27 bits per heavy atom. The fraction of sp³-hybridized carbons (Fsp3) is 0.333. The van der Waals surface area contributed by atoms with Crippen molar-refractivity contribution in [1.29, 1.82) is 0 Å². The molecule has 1 saturated heterocycles. The van der Waals surface area contributed by atoms with Gasteiger partial charge in [0.05, 0.1) is 12.2 Å². The minimum absolute atomic E-state index is 0.128. The molecule has 2 amide bonds. The summed E-state index contributed by atoms with van der Waals surface area (Å²) in [6, 6.07) is 9.57. The van der Waals surface area contributed by atoms with Gasteiger partial charge in [-0.15, -0.1) is 0 Å². The molecule has 1 aliphatic rings. The maximum absolute atomic E-state index is 12.3. The van der Waals surface area contributed by atoms with Crippen LogP contribution in [0.5, 0.6) is 0 Å². The maximum Gasteiger partial charge on any atom is 0.343 e. The van der Waals surface area contributed by atoms with Crippen LogP contribution < -0.4 is 0 Å². The Kier molecular flexibility index (Phi) is 5.37. The summed E-state index contributed by atoms with van der Waals surface area (Å²) in [6.07, 6.45) is 0.979. The zero-order chi connectivity index (χ0) is 18.7. The second-order valence-corrected chi connectivity index (χ2v) is 6.37. The van der Waals surface area contributed by atoms with Crippen LogP contribution in [0.4, 0.5) is 0 Å². The third kappa shape index (κ3) is 3.77. The number of ether oxygens (including phenoxy) is 1. The first-order valence-corrected chi connectivity index (χ1v) is 8.62. The van der Waals surface area contributed by atoms with E-state index in [1.165, 1.54) is 4.68 Å². The van der Waals surface area contributed by atoms with Crippen molar-refractivity contribution in [3.63, 3.8) is 0 Å². The summed E-state index contributed by atoms with van der Waals surface area (Å²) in [6.45, 7) is 1.93. The van der Waals surface area contributed by atoms with Crippen LogP contribution in [0.2, 0.25) is 5.15 Å². The first-order chi connectivity index (χ1) is 12.5. The summed E-state index contributed by atoms with van der Waals surface area (Å²) >= 11 is 6.29. The molecule has 1 aliphatic heterocycles. The van der Waals surface area contributed by atoms with E-state index in [0.29, 0.717) is 31.6 Å². The van der Waals surface area contributed by atoms with Crippen molar-refractivity contribution in [3.05, 3.63) is 52.3 Å². The van der Waals surface area contributed by atoms with Crippen molar-refractivity contribution in [3.8, 4) is 0 Å². The molecule has 0 bridgehead atoms. The average molecular weight is 376 g/mol. The second-order valence-electron chi connectivity index (χ2n) is 6.01. The van der Waals surface area contributed by atoms with Gasteiger partial charge in [0.1, 0.15) is 10.7 Å². The average Bonchev–Trinajstić information content (AvgIpc) is 3.17. The smallest absolute Gasteiger partial charge is 0.343 e. The molecule has 0 radical (unpaired) electrons. The molecule has 0 saturated carbocycles. The molecule has 3 rings (SSSR count). The molecular weight excluding hydrogens is 358 g/mol. The second kappa shape index (κ2) is 7.70. The number of carbonyl (C=O) groups excluding carboxylic acids is 3. The quantitative estimate of drug-likeness (QED) is 0.748. The molecule has 2 heterocycles. The van der Waals surface area contributed by atoms with Gasteiger partial charge >= 0.3 is 5.97 Å². The van der Waals surface area contributed by atoms with E-state index in [9.17, 15) is 14.4 Å². The summed E-state index contributed by atoms with van der Waals surface area (Å²) < 4.78 is 6.56. The van der Waals surface area contributed by atoms with E-state index in [1.54, 1.807) is 6.92 Å². The fourth-order valence-electron chi connectivity index (χ4n) is 2.84. The predicted molar refractivity (Wildman–Crippen MR) is 93.8 cm³/mol. The van der Waals surface area contributed by atoms with Gasteiger partial charge in [0.15, 0.2) is 6.61 Å². The van der Waals surface area contributed by atoms with Crippen molar-refractivity contribution < 1.29 is 19.1 Å². The molecule has 1 fully saturated rings. The van der Waals surface area contributed by atoms with Crippen LogP contribution in [-0.4, -0.2) is 45.6 Å². The van der Waals surface area contributed by atoms with Crippen LogP contribution in [0.25, 0.3) is 0 Å². The Morgan fingerprint density at radius 3 is 2.65 bits per heavy atom. The molecule has 0 atom stereocenters. The zero-order valence-corrected chi connectivity index (χ0v) is 15.0. The predicted octanol–water partition coefficient (Wildman–Crippen LogP) is 2.20. The molecule has 0 spiro atoms. The molecule has 8 heteroatoms. The number of imide groups is 1. The first kappa shape index (κ1) is 18.1. The highest BCUT2D eigenvalue weighted by Crippen LogP contribution is 2.22. The van der Waals surface area contributed by atoms with Crippen LogP contribution in [0.1, 0.15) is 34.5 Å². The first-order valence-electron chi connectivity index (χ1n) is 8.24. The lowest BCUT2D eigenvalue weighted by Crippen LogP contribution is -2.35. The van der Waals surface area contributed by atoms with Crippen LogP contribution in [0, 0.1) is 6.92 Å². The number of likely N-dealkylation sites (tertiary alicyclic amines) is 1. The Hall–Kier alpha value is -2.67. The highest BCUT2D eigenvalue weighted by molar-refractivity contribution is 6.32. The van der Waals surface area contributed by atoms with Gasteiger partial charge < -0.3 is 4.74 Å². The Morgan fingerprint density at radius 2 is 2.00 bits per heavy atom. The number of benzene rings is 1. The number of aryl methyl sites for hydroxylation is 1. The van der Waals surface area contributed by atoms with E-state index in [1.807, 2.05) is 30.3 Å². The number of nitrogens with zero attached hydrogens (tertiary/aromatic N) is 3. The van der Waals surface area contributed by atoms with Gasteiger partial charge in [0.2, 0.25) is 5.91 Å². The number of carbonyl (C=O) groups is 3. The van der Waals surface area contributed by atoms with E-state index in [4.69, 9.17) is 16.3 Å². The lowest BCUT2D eigenvalue weighted by atomic mass is 10.2. The molecular formula is C18H18ClN3O4. The SMILES string of the molecule is Cc1nn(Cc2ccccc2)c(Cl)c1C(=O)OCC(=O)N1CCCC1=O. The number of aromatic nitrogens is 2. The molecule has 26 heavy (non-hydrogen) atoms. The van der Waals surface area contributed by atoms with E-state index in [2.05, 4.69) is 5.10 Å². The topological polar surface area (TPSA) is 81.5 Å². The molecule has 0 aliphatic carbocycles. The van der Waals surface area contributed by atoms with Crippen molar-refractivity contribution in [2.24, 2.45) is 0 Å². The number of rotatable bonds is 5. The van der Waals surface area contributed by atoms with Gasteiger partial charge in [-0.2, -0.15) is 5.10 Å². The molecule has 7 nitrogen and oxygen atoms in total. The summed E-state index contributed by atoms with van der Waals surface area (Å²) in [5.74, 6) is -1.49. The third-order valence-electron chi connectivity index (χ3n) is 4.15. The van der Waals surface area contributed by atoms with Crippen LogP contribution >= 0.6 is 11.6 Å². The molecule has 0 N–H and O–H groups in total. The molecule has 0 unspecified atom stereocenters. The van der Waals surface area contributed by atoms with E-state index in [-0.39, 0.29) is 16.6 Å². The number of hydrogen-bond acceptors (Lipinski definition) is 5.